The van der Waals surface area contributed by atoms with Crippen molar-refractivity contribution >= 4 is 11.8 Å². The average Bonchev–Trinajstić information content (AvgIpc) is 2.61. The van der Waals surface area contributed by atoms with Crippen molar-refractivity contribution < 1.29 is 14.0 Å². The molecule has 1 spiro atoms. The summed E-state index contributed by atoms with van der Waals surface area (Å²) in [5.74, 6) is -0.183. The molecule has 0 bridgehead atoms. The van der Waals surface area contributed by atoms with Crippen LogP contribution in [0.25, 0.3) is 0 Å². The number of halogens is 1. The number of carbonyl (C=O) groups excluding carboxylic acids is 2. The minimum atomic E-state index is -0.610. The highest BCUT2D eigenvalue weighted by Crippen LogP contribution is 2.40. The van der Waals surface area contributed by atoms with E-state index in [0.717, 1.165) is 25.8 Å². The van der Waals surface area contributed by atoms with Gasteiger partial charge in [-0.15, -0.1) is 0 Å². The Hall–Kier alpha value is -1.95. The molecule has 0 aliphatic carbocycles. The van der Waals surface area contributed by atoms with Crippen LogP contribution >= 0.6 is 0 Å². The van der Waals surface area contributed by atoms with E-state index in [0.29, 0.717) is 25.1 Å². The Labute approximate surface area is 154 Å². The van der Waals surface area contributed by atoms with E-state index in [1.54, 1.807) is 23.1 Å². The topological polar surface area (TPSA) is 43.9 Å². The van der Waals surface area contributed by atoms with Crippen molar-refractivity contribution in [1.82, 2.24) is 14.7 Å². The summed E-state index contributed by atoms with van der Waals surface area (Å²) < 4.78 is 14.3. The predicted octanol–water partition coefficient (Wildman–Crippen LogP) is 2.29. The fourth-order valence-corrected chi connectivity index (χ4v) is 4.34. The number of likely N-dealkylation sites (tertiary alicyclic amines) is 2. The first-order valence-corrected chi connectivity index (χ1v) is 9.27. The molecular weight excluding hydrogens is 333 g/mol. The van der Waals surface area contributed by atoms with Gasteiger partial charge in [-0.05, 0) is 44.8 Å². The average molecular weight is 361 g/mol. The van der Waals surface area contributed by atoms with Crippen LogP contribution in [0.2, 0.25) is 0 Å². The summed E-state index contributed by atoms with van der Waals surface area (Å²) >= 11 is 0. The van der Waals surface area contributed by atoms with Crippen molar-refractivity contribution in [1.29, 1.82) is 0 Å². The van der Waals surface area contributed by atoms with Crippen LogP contribution in [0.1, 0.15) is 37.3 Å². The molecule has 1 unspecified atom stereocenters. The van der Waals surface area contributed by atoms with E-state index < -0.39 is 6.04 Å². The van der Waals surface area contributed by atoms with Crippen LogP contribution in [0.3, 0.4) is 0 Å². The second-order valence-corrected chi connectivity index (χ2v) is 7.96. The van der Waals surface area contributed by atoms with Gasteiger partial charge in [-0.25, -0.2) is 4.39 Å². The van der Waals surface area contributed by atoms with Crippen LogP contribution in [0.4, 0.5) is 4.39 Å². The maximum atomic E-state index is 14.3. The highest BCUT2D eigenvalue weighted by atomic mass is 19.1. The number of benzene rings is 1. The van der Waals surface area contributed by atoms with Gasteiger partial charge in [-0.1, -0.05) is 18.2 Å². The van der Waals surface area contributed by atoms with Crippen molar-refractivity contribution in [3.8, 4) is 0 Å². The number of likely N-dealkylation sites (N-methyl/N-ethyl adjacent to an activating group) is 1. The Morgan fingerprint density at radius 3 is 2.42 bits per heavy atom. The summed E-state index contributed by atoms with van der Waals surface area (Å²) in [5.41, 5.74) is 0.552. The number of carbonyl (C=O) groups is 2. The molecule has 3 rings (SSSR count). The molecule has 5 nitrogen and oxygen atoms in total. The second-order valence-electron chi connectivity index (χ2n) is 7.96. The van der Waals surface area contributed by atoms with Gasteiger partial charge < -0.3 is 9.80 Å². The molecule has 2 aliphatic rings. The Balaban J connectivity index is 1.71. The van der Waals surface area contributed by atoms with Gasteiger partial charge in [0.2, 0.25) is 11.8 Å². The molecule has 26 heavy (non-hydrogen) atoms. The van der Waals surface area contributed by atoms with Crippen LogP contribution in [-0.4, -0.2) is 67.3 Å². The summed E-state index contributed by atoms with van der Waals surface area (Å²) in [5, 5.41) is 0. The zero-order chi connectivity index (χ0) is 18.9. The van der Waals surface area contributed by atoms with Crippen LogP contribution < -0.4 is 0 Å². The zero-order valence-corrected chi connectivity index (χ0v) is 15.9. The Morgan fingerprint density at radius 1 is 1.19 bits per heavy atom. The lowest BCUT2D eigenvalue weighted by atomic mass is 9.72. The molecule has 0 saturated carbocycles. The summed E-state index contributed by atoms with van der Waals surface area (Å²) in [6.07, 6.45) is 3.30. The van der Waals surface area contributed by atoms with Crippen LogP contribution in [-0.2, 0) is 9.59 Å². The fourth-order valence-electron chi connectivity index (χ4n) is 4.34. The summed E-state index contributed by atoms with van der Waals surface area (Å²) in [6.45, 7) is 2.11. The Bertz CT molecular complexity index is 683. The van der Waals surface area contributed by atoms with Gasteiger partial charge in [0.25, 0.3) is 0 Å². The number of rotatable bonds is 3. The number of piperidine rings is 2. The number of hydrogen-bond acceptors (Lipinski definition) is 3. The van der Waals surface area contributed by atoms with E-state index in [2.05, 4.69) is 0 Å². The molecule has 6 heteroatoms. The lowest BCUT2D eigenvalue weighted by Crippen LogP contribution is -2.52. The van der Waals surface area contributed by atoms with E-state index in [1.807, 2.05) is 30.9 Å². The molecule has 0 radical (unpaired) electrons. The van der Waals surface area contributed by atoms with Gasteiger partial charge in [0.1, 0.15) is 11.9 Å². The predicted molar refractivity (Wildman–Crippen MR) is 97.9 cm³/mol. The standard InChI is InChI=1S/C20H28FN3O2/c1-22(2)18(15-6-4-5-7-16(15)21)19(26)24-12-10-20(11-13-24)9-8-17(25)23(3)14-20/h4-7,18H,8-14H2,1-3H3. The third-order valence-electron chi connectivity index (χ3n) is 5.95. The molecule has 1 aromatic rings. The van der Waals surface area contributed by atoms with E-state index in [1.165, 1.54) is 6.07 Å². The molecule has 0 N–H and O–H groups in total. The normalized spacial score (nSPS) is 21.3. The van der Waals surface area contributed by atoms with Gasteiger partial charge in [-0.3, -0.25) is 14.5 Å². The maximum Gasteiger partial charge on any atom is 0.244 e. The summed E-state index contributed by atoms with van der Waals surface area (Å²) in [4.78, 5) is 30.4. The van der Waals surface area contributed by atoms with E-state index in [-0.39, 0.29) is 23.0 Å². The van der Waals surface area contributed by atoms with Gasteiger partial charge in [-0.2, -0.15) is 0 Å². The van der Waals surface area contributed by atoms with Crippen LogP contribution in [0, 0.1) is 11.2 Å². The SMILES string of the molecule is CN1CC2(CCC1=O)CCN(C(=O)C(c1ccccc1F)N(C)C)CC2. The molecule has 2 aliphatic heterocycles. The highest BCUT2D eigenvalue weighted by Gasteiger charge is 2.42. The quantitative estimate of drug-likeness (QED) is 0.830. The summed E-state index contributed by atoms with van der Waals surface area (Å²) in [6, 6.07) is 5.88. The van der Waals surface area contributed by atoms with Crippen molar-refractivity contribution in [2.75, 3.05) is 40.8 Å². The minimum absolute atomic E-state index is 0.0461. The first kappa shape index (κ1) is 18.8. The zero-order valence-electron chi connectivity index (χ0n) is 15.9. The smallest absolute Gasteiger partial charge is 0.244 e. The lowest BCUT2D eigenvalue weighted by molar-refractivity contribution is -0.143. The van der Waals surface area contributed by atoms with Gasteiger partial charge in [0.15, 0.2) is 0 Å². The van der Waals surface area contributed by atoms with Crippen LogP contribution in [0.15, 0.2) is 24.3 Å². The maximum absolute atomic E-state index is 14.3. The largest absolute Gasteiger partial charge is 0.345 e. The number of hydrogen-bond donors (Lipinski definition) is 0. The minimum Gasteiger partial charge on any atom is -0.345 e. The van der Waals surface area contributed by atoms with Gasteiger partial charge >= 0.3 is 0 Å². The van der Waals surface area contributed by atoms with Gasteiger partial charge in [0, 0.05) is 38.7 Å². The van der Waals surface area contributed by atoms with Crippen LogP contribution in [0.5, 0.6) is 0 Å². The molecule has 1 atom stereocenters. The second kappa shape index (κ2) is 7.35. The van der Waals surface area contributed by atoms with Crippen molar-refractivity contribution in [3.63, 3.8) is 0 Å². The molecule has 1 aromatic carbocycles. The summed E-state index contributed by atoms with van der Waals surface area (Å²) in [7, 11) is 5.48. The molecular formula is C20H28FN3O2. The third kappa shape index (κ3) is 3.61. The van der Waals surface area contributed by atoms with Crippen molar-refractivity contribution in [2.45, 2.75) is 31.7 Å². The first-order valence-electron chi connectivity index (χ1n) is 9.27. The molecule has 2 heterocycles. The lowest BCUT2D eigenvalue weighted by Gasteiger charge is -2.47. The number of nitrogens with zero attached hydrogens (tertiary/aromatic N) is 3. The van der Waals surface area contributed by atoms with Gasteiger partial charge in [0.05, 0.1) is 0 Å². The highest BCUT2D eigenvalue weighted by molar-refractivity contribution is 5.83. The Morgan fingerprint density at radius 2 is 1.85 bits per heavy atom. The van der Waals surface area contributed by atoms with E-state index in [9.17, 15) is 14.0 Å². The van der Waals surface area contributed by atoms with E-state index in [4.69, 9.17) is 0 Å². The molecule has 2 amide bonds. The van der Waals surface area contributed by atoms with Crippen molar-refractivity contribution in [2.24, 2.45) is 5.41 Å². The third-order valence-corrected chi connectivity index (χ3v) is 5.95. The number of amides is 2. The molecule has 142 valence electrons. The first-order chi connectivity index (χ1) is 12.3. The monoisotopic (exact) mass is 361 g/mol. The van der Waals surface area contributed by atoms with Crippen molar-refractivity contribution in [3.05, 3.63) is 35.6 Å². The Kier molecular flexibility index (Phi) is 5.32. The molecule has 0 aromatic heterocycles. The molecule has 2 fully saturated rings. The fraction of sp³-hybridized carbons (Fsp3) is 0.600. The van der Waals surface area contributed by atoms with E-state index >= 15 is 0 Å². The molecule has 2 saturated heterocycles.